The van der Waals surface area contributed by atoms with Crippen LogP contribution in [0, 0.1) is 0 Å². The van der Waals surface area contributed by atoms with Gasteiger partial charge < -0.3 is 24.7 Å². The van der Waals surface area contributed by atoms with Gasteiger partial charge in [0, 0.05) is 43.4 Å². The quantitative estimate of drug-likeness (QED) is 0.715. The highest BCUT2D eigenvalue weighted by Crippen LogP contribution is 2.39. The highest BCUT2D eigenvalue weighted by atomic mass is 16.5. The minimum absolute atomic E-state index is 0.270. The molecule has 0 amide bonds. The zero-order valence-corrected chi connectivity index (χ0v) is 19.3. The van der Waals surface area contributed by atoms with Gasteiger partial charge in [-0.3, -0.25) is 0 Å². The van der Waals surface area contributed by atoms with E-state index >= 15 is 0 Å². The number of hydrogen-bond donors (Lipinski definition) is 2. The van der Waals surface area contributed by atoms with Crippen molar-refractivity contribution in [2.75, 3.05) is 13.7 Å². The first-order chi connectivity index (χ1) is 15.4. The number of esters is 2. The maximum absolute atomic E-state index is 12.5. The fraction of sp³-hybridized carbons (Fsp3) is 0.360. The van der Waals surface area contributed by atoms with Crippen LogP contribution in [0.15, 0.2) is 65.1 Å². The van der Waals surface area contributed by atoms with Gasteiger partial charge in [-0.2, -0.15) is 0 Å². The SMILES string of the molecule is CCOC(=O)C1=C(C)NC(C)=C(C(=O)OC)C1c1cccn1C.c1ccc2c(c1)CNC2. The number of hydrogen-bond acceptors (Lipinski definition) is 6. The van der Waals surface area contributed by atoms with Crippen molar-refractivity contribution in [2.45, 2.75) is 39.8 Å². The first-order valence-corrected chi connectivity index (χ1v) is 10.7. The second kappa shape index (κ2) is 10.3. The topological polar surface area (TPSA) is 81.6 Å². The smallest absolute Gasteiger partial charge is 0.336 e. The van der Waals surface area contributed by atoms with E-state index in [-0.39, 0.29) is 6.61 Å². The summed E-state index contributed by atoms with van der Waals surface area (Å²) in [6.07, 6.45) is 1.87. The predicted molar refractivity (Wildman–Crippen MR) is 122 cm³/mol. The number of dihydropyridines is 1. The van der Waals surface area contributed by atoms with E-state index in [1.54, 1.807) is 20.8 Å². The van der Waals surface area contributed by atoms with Gasteiger partial charge in [0.15, 0.2) is 0 Å². The molecule has 0 radical (unpaired) electrons. The van der Waals surface area contributed by atoms with E-state index in [1.807, 2.05) is 29.9 Å². The molecule has 0 aliphatic carbocycles. The third kappa shape index (κ3) is 4.78. The van der Waals surface area contributed by atoms with Crippen LogP contribution in [-0.2, 0) is 39.2 Å². The van der Waals surface area contributed by atoms with Gasteiger partial charge in [-0.05, 0) is 44.0 Å². The van der Waals surface area contributed by atoms with Crippen LogP contribution < -0.4 is 10.6 Å². The largest absolute Gasteiger partial charge is 0.466 e. The average molecular weight is 438 g/mol. The average Bonchev–Trinajstić information content (AvgIpc) is 3.42. The molecular weight excluding hydrogens is 406 g/mol. The third-order valence-corrected chi connectivity index (χ3v) is 5.69. The lowest BCUT2D eigenvalue weighted by Gasteiger charge is -2.30. The number of methoxy groups -OCH3 is 1. The van der Waals surface area contributed by atoms with E-state index in [0.29, 0.717) is 22.5 Å². The Morgan fingerprint density at radius 2 is 1.59 bits per heavy atom. The summed E-state index contributed by atoms with van der Waals surface area (Å²) in [6.45, 7) is 7.73. The molecule has 2 aromatic rings. The lowest BCUT2D eigenvalue weighted by Crippen LogP contribution is -2.33. The van der Waals surface area contributed by atoms with Crippen LogP contribution in [-0.4, -0.2) is 30.2 Å². The first-order valence-electron chi connectivity index (χ1n) is 10.7. The summed E-state index contributed by atoms with van der Waals surface area (Å²) in [4.78, 5) is 24.8. The summed E-state index contributed by atoms with van der Waals surface area (Å²) in [6, 6.07) is 12.3. The van der Waals surface area contributed by atoms with Crippen molar-refractivity contribution in [3.8, 4) is 0 Å². The molecule has 3 heterocycles. The van der Waals surface area contributed by atoms with Gasteiger partial charge in [0.1, 0.15) is 0 Å². The fourth-order valence-electron chi connectivity index (χ4n) is 4.16. The summed E-state index contributed by atoms with van der Waals surface area (Å²) in [7, 11) is 3.21. The zero-order valence-electron chi connectivity index (χ0n) is 19.3. The molecule has 7 nitrogen and oxygen atoms in total. The number of carbonyl (C=O) groups is 2. The number of fused-ring (bicyclic) bond motifs is 1. The van der Waals surface area contributed by atoms with E-state index in [4.69, 9.17) is 9.47 Å². The Bertz CT molecular complexity index is 1040. The molecular formula is C25H31N3O4. The maximum atomic E-state index is 12.5. The molecule has 1 atom stereocenters. The van der Waals surface area contributed by atoms with Crippen LogP contribution >= 0.6 is 0 Å². The van der Waals surface area contributed by atoms with Crippen LogP contribution in [0.1, 0.15) is 43.5 Å². The molecule has 2 aliphatic heterocycles. The van der Waals surface area contributed by atoms with Crippen LogP contribution in [0.2, 0.25) is 0 Å². The molecule has 1 aromatic heterocycles. The Morgan fingerprint density at radius 3 is 2.09 bits per heavy atom. The maximum Gasteiger partial charge on any atom is 0.336 e. The Morgan fingerprint density at radius 1 is 1.00 bits per heavy atom. The van der Waals surface area contributed by atoms with Gasteiger partial charge in [-0.25, -0.2) is 9.59 Å². The van der Waals surface area contributed by atoms with Crippen molar-refractivity contribution in [3.63, 3.8) is 0 Å². The second-order valence-corrected chi connectivity index (χ2v) is 7.76. The molecule has 0 saturated heterocycles. The lowest BCUT2D eigenvalue weighted by molar-refractivity contribution is -0.139. The molecule has 32 heavy (non-hydrogen) atoms. The standard InChI is InChI=1S/C17H22N2O4.C8H9N/c1-6-23-17(21)14-11(3)18-10(2)13(16(20)22-5)15(14)12-8-7-9-19(12)4;1-2-4-8-6-9-5-7(8)3-1/h7-9,15,18H,6H2,1-5H3;1-4,9H,5-6H2. The Hall–Kier alpha value is -3.32. The van der Waals surface area contributed by atoms with Crippen LogP contribution in [0.3, 0.4) is 0 Å². The summed E-state index contributed by atoms with van der Waals surface area (Å²) in [5.74, 6) is -1.42. The molecule has 2 aliphatic rings. The van der Waals surface area contributed by atoms with E-state index in [9.17, 15) is 9.59 Å². The van der Waals surface area contributed by atoms with Crippen molar-refractivity contribution in [2.24, 2.45) is 7.05 Å². The van der Waals surface area contributed by atoms with Crippen molar-refractivity contribution < 1.29 is 19.1 Å². The molecule has 7 heteroatoms. The molecule has 2 N–H and O–H groups in total. The highest BCUT2D eigenvalue weighted by molar-refractivity contribution is 5.99. The number of rotatable bonds is 4. The normalized spacial score (nSPS) is 17.2. The van der Waals surface area contributed by atoms with E-state index in [0.717, 1.165) is 18.8 Å². The van der Waals surface area contributed by atoms with E-state index in [2.05, 4.69) is 34.9 Å². The zero-order chi connectivity index (χ0) is 23.3. The molecule has 1 unspecified atom stereocenters. The van der Waals surface area contributed by atoms with Crippen molar-refractivity contribution in [1.29, 1.82) is 0 Å². The number of ether oxygens (including phenoxy) is 2. The second-order valence-electron chi connectivity index (χ2n) is 7.76. The van der Waals surface area contributed by atoms with Gasteiger partial charge in [0.25, 0.3) is 0 Å². The van der Waals surface area contributed by atoms with Gasteiger partial charge in [-0.15, -0.1) is 0 Å². The van der Waals surface area contributed by atoms with Gasteiger partial charge in [0.05, 0.1) is 30.8 Å². The monoisotopic (exact) mass is 437 g/mol. The fourth-order valence-corrected chi connectivity index (χ4v) is 4.16. The van der Waals surface area contributed by atoms with Crippen molar-refractivity contribution in [3.05, 3.63) is 82.0 Å². The minimum Gasteiger partial charge on any atom is -0.466 e. The molecule has 170 valence electrons. The van der Waals surface area contributed by atoms with Crippen LogP contribution in [0.5, 0.6) is 0 Å². The number of nitrogens with one attached hydrogen (secondary N) is 2. The molecule has 0 bridgehead atoms. The number of allylic oxidation sites excluding steroid dienone is 2. The summed E-state index contributed by atoms with van der Waals surface area (Å²) >= 11 is 0. The molecule has 0 fully saturated rings. The number of nitrogens with zero attached hydrogens (tertiary/aromatic N) is 1. The summed E-state index contributed by atoms with van der Waals surface area (Å²) in [5.41, 5.74) is 5.94. The van der Waals surface area contributed by atoms with Crippen LogP contribution in [0.4, 0.5) is 0 Å². The Kier molecular flexibility index (Phi) is 7.53. The number of carbonyl (C=O) groups excluding carboxylic acids is 2. The number of aryl methyl sites for hydroxylation is 1. The van der Waals surface area contributed by atoms with E-state index in [1.165, 1.54) is 18.2 Å². The van der Waals surface area contributed by atoms with Crippen LogP contribution in [0.25, 0.3) is 0 Å². The predicted octanol–water partition coefficient (Wildman–Crippen LogP) is 3.29. The lowest BCUT2D eigenvalue weighted by atomic mass is 9.83. The summed E-state index contributed by atoms with van der Waals surface area (Å²) < 4.78 is 12.0. The van der Waals surface area contributed by atoms with Gasteiger partial charge in [0.2, 0.25) is 0 Å². The molecule has 0 spiro atoms. The number of aromatic nitrogens is 1. The summed E-state index contributed by atoms with van der Waals surface area (Å²) in [5, 5.41) is 6.38. The third-order valence-electron chi connectivity index (χ3n) is 5.69. The molecule has 0 saturated carbocycles. The Labute approximate surface area is 189 Å². The van der Waals surface area contributed by atoms with Crippen molar-refractivity contribution >= 4 is 11.9 Å². The molecule has 1 aromatic carbocycles. The Balaban J connectivity index is 0.000000264. The van der Waals surface area contributed by atoms with Gasteiger partial charge in [-0.1, -0.05) is 24.3 Å². The minimum atomic E-state index is -0.525. The van der Waals surface area contributed by atoms with Crippen molar-refractivity contribution in [1.82, 2.24) is 15.2 Å². The van der Waals surface area contributed by atoms with Gasteiger partial charge >= 0.3 is 11.9 Å². The van der Waals surface area contributed by atoms with E-state index < -0.39 is 17.9 Å². The highest BCUT2D eigenvalue weighted by Gasteiger charge is 2.38. The first kappa shape index (κ1) is 23.3. The molecule has 4 rings (SSSR count). The number of benzene rings is 1.